The third-order valence-corrected chi connectivity index (χ3v) is 3.79. The van der Waals surface area contributed by atoms with E-state index in [1.54, 1.807) is 13.1 Å². The van der Waals surface area contributed by atoms with E-state index >= 15 is 0 Å². The Bertz CT molecular complexity index is 478. The summed E-state index contributed by atoms with van der Waals surface area (Å²) < 4.78 is 0. The SMILES string of the molecule is CCC1CCC(C)N1c1cc([N+](=O)[O-])cc(NC)n1. The van der Waals surface area contributed by atoms with Crippen molar-refractivity contribution in [3.8, 4) is 0 Å². The van der Waals surface area contributed by atoms with Gasteiger partial charge in [0, 0.05) is 19.1 Å². The molecule has 1 aliphatic rings. The van der Waals surface area contributed by atoms with Crippen molar-refractivity contribution in [1.29, 1.82) is 0 Å². The van der Waals surface area contributed by atoms with E-state index in [0.29, 0.717) is 23.7 Å². The summed E-state index contributed by atoms with van der Waals surface area (Å²) in [6.45, 7) is 4.29. The van der Waals surface area contributed by atoms with Crippen LogP contribution in [0.2, 0.25) is 0 Å². The normalized spacial score (nSPS) is 22.6. The number of aromatic nitrogens is 1. The van der Waals surface area contributed by atoms with Crippen LogP contribution in [0.1, 0.15) is 33.1 Å². The number of nitrogens with one attached hydrogen (secondary N) is 1. The monoisotopic (exact) mass is 264 g/mol. The Labute approximate surface area is 113 Å². The van der Waals surface area contributed by atoms with Gasteiger partial charge >= 0.3 is 0 Å². The van der Waals surface area contributed by atoms with Gasteiger partial charge in [-0.1, -0.05) is 6.92 Å². The van der Waals surface area contributed by atoms with Crippen LogP contribution in [0.25, 0.3) is 0 Å². The highest BCUT2D eigenvalue weighted by Gasteiger charge is 2.31. The second-order valence-electron chi connectivity index (χ2n) is 4.97. The zero-order valence-corrected chi connectivity index (χ0v) is 11.6. The molecule has 0 aromatic carbocycles. The molecule has 0 bridgehead atoms. The van der Waals surface area contributed by atoms with E-state index < -0.39 is 0 Å². The van der Waals surface area contributed by atoms with Gasteiger partial charge in [-0.05, 0) is 26.2 Å². The predicted molar refractivity (Wildman–Crippen MR) is 75.7 cm³/mol. The molecule has 0 spiro atoms. The quantitative estimate of drug-likeness (QED) is 0.668. The summed E-state index contributed by atoms with van der Waals surface area (Å²) in [7, 11) is 1.72. The molecule has 1 aromatic rings. The highest BCUT2D eigenvalue weighted by Crippen LogP contribution is 2.33. The molecular formula is C13H20N4O2. The Morgan fingerprint density at radius 3 is 2.84 bits per heavy atom. The summed E-state index contributed by atoms with van der Waals surface area (Å²) in [6, 6.07) is 3.84. The lowest BCUT2D eigenvalue weighted by molar-refractivity contribution is -0.384. The minimum absolute atomic E-state index is 0.0864. The summed E-state index contributed by atoms with van der Waals surface area (Å²) >= 11 is 0. The number of rotatable bonds is 4. The number of hydrogen-bond acceptors (Lipinski definition) is 5. The van der Waals surface area contributed by atoms with Crippen molar-refractivity contribution in [2.45, 2.75) is 45.2 Å². The average molecular weight is 264 g/mol. The minimum atomic E-state index is -0.367. The van der Waals surface area contributed by atoms with Gasteiger partial charge < -0.3 is 10.2 Å². The van der Waals surface area contributed by atoms with Crippen molar-refractivity contribution >= 4 is 17.3 Å². The first-order valence-corrected chi connectivity index (χ1v) is 6.69. The molecule has 0 aliphatic carbocycles. The maximum atomic E-state index is 11.0. The fourth-order valence-corrected chi connectivity index (χ4v) is 2.75. The van der Waals surface area contributed by atoms with Gasteiger partial charge in [0.25, 0.3) is 5.69 Å². The number of nitro groups is 1. The van der Waals surface area contributed by atoms with Crippen LogP contribution in [0.4, 0.5) is 17.3 Å². The number of anilines is 2. The molecule has 2 unspecified atom stereocenters. The molecule has 1 N–H and O–H groups in total. The van der Waals surface area contributed by atoms with E-state index in [9.17, 15) is 10.1 Å². The first-order valence-electron chi connectivity index (χ1n) is 6.69. The van der Waals surface area contributed by atoms with Crippen molar-refractivity contribution in [3.63, 3.8) is 0 Å². The van der Waals surface area contributed by atoms with E-state index in [2.05, 4.69) is 29.0 Å². The third kappa shape index (κ3) is 2.62. The summed E-state index contributed by atoms with van der Waals surface area (Å²) in [4.78, 5) is 17.3. The standard InChI is InChI=1S/C13H20N4O2/c1-4-10-6-5-9(2)16(10)13-8-11(17(18)19)7-12(14-3)15-13/h7-10H,4-6H2,1-3H3,(H,14,15). The molecule has 19 heavy (non-hydrogen) atoms. The maximum absolute atomic E-state index is 11.0. The Hall–Kier alpha value is -1.85. The predicted octanol–water partition coefficient (Wildman–Crippen LogP) is 2.80. The Balaban J connectivity index is 2.42. The van der Waals surface area contributed by atoms with Crippen LogP contribution in [-0.2, 0) is 0 Å². The Morgan fingerprint density at radius 2 is 2.26 bits per heavy atom. The molecule has 6 heteroatoms. The van der Waals surface area contributed by atoms with E-state index in [1.165, 1.54) is 6.07 Å². The largest absolute Gasteiger partial charge is 0.373 e. The fourth-order valence-electron chi connectivity index (χ4n) is 2.75. The Morgan fingerprint density at radius 1 is 1.53 bits per heavy atom. The first-order chi connectivity index (χ1) is 9.06. The van der Waals surface area contributed by atoms with Crippen LogP contribution in [0.5, 0.6) is 0 Å². The molecule has 6 nitrogen and oxygen atoms in total. The maximum Gasteiger partial charge on any atom is 0.276 e. The smallest absolute Gasteiger partial charge is 0.276 e. The number of nitrogens with zero attached hydrogens (tertiary/aromatic N) is 3. The van der Waals surface area contributed by atoms with Gasteiger partial charge in [-0.25, -0.2) is 4.98 Å². The fraction of sp³-hybridized carbons (Fsp3) is 0.615. The van der Waals surface area contributed by atoms with Crippen LogP contribution in [-0.4, -0.2) is 29.0 Å². The molecule has 2 heterocycles. The van der Waals surface area contributed by atoms with Crippen LogP contribution in [0.15, 0.2) is 12.1 Å². The van der Waals surface area contributed by atoms with Gasteiger partial charge in [0.05, 0.1) is 17.1 Å². The van der Waals surface area contributed by atoms with Crippen LogP contribution in [0.3, 0.4) is 0 Å². The van der Waals surface area contributed by atoms with E-state index in [1.807, 2.05) is 0 Å². The van der Waals surface area contributed by atoms with Gasteiger partial charge in [-0.2, -0.15) is 0 Å². The second kappa shape index (κ2) is 5.42. The minimum Gasteiger partial charge on any atom is -0.373 e. The van der Waals surface area contributed by atoms with Gasteiger partial charge in [-0.3, -0.25) is 10.1 Å². The highest BCUT2D eigenvalue weighted by atomic mass is 16.6. The van der Waals surface area contributed by atoms with Crippen LogP contribution in [0, 0.1) is 10.1 Å². The molecule has 0 radical (unpaired) electrons. The van der Waals surface area contributed by atoms with Gasteiger partial charge in [0.1, 0.15) is 11.6 Å². The zero-order chi connectivity index (χ0) is 14.0. The topological polar surface area (TPSA) is 71.3 Å². The molecule has 2 rings (SSSR count). The van der Waals surface area contributed by atoms with Crippen molar-refractivity contribution in [2.75, 3.05) is 17.3 Å². The lowest BCUT2D eigenvalue weighted by Crippen LogP contribution is -2.34. The summed E-state index contributed by atoms with van der Waals surface area (Å²) in [6.07, 6.45) is 3.26. The van der Waals surface area contributed by atoms with Gasteiger partial charge in [0.15, 0.2) is 0 Å². The summed E-state index contributed by atoms with van der Waals surface area (Å²) in [5.41, 5.74) is 0.0864. The summed E-state index contributed by atoms with van der Waals surface area (Å²) in [5.74, 6) is 1.24. The lowest BCUT2D eigenvalue weighted by atomic mass is 10.1. The molecule has 1 aromatic heterocycles. The molecule has 1 saturated heterocycles. The molecule has 0 amide bonds. The van der Waals surface area contributed by atoms with Crippen molar-refractivity contribution < 1.29 is 4.92 Å². The molecule has 0 saturated carbocycles. The molecule has 2 atom stereocenters. The van der Waals surface area contributed by atoms with Gasteiger partial charge in [0.2, 0.25) is 0 Å². The molecule has 104 valence electrons. The van der Waals surface area contributed by atoms with Crippen LogP contribution < -0.4 is 10.2 Å². The van der Waals surface area contributed by atoms with E-state index in [-0.39, 0.29) is 10.6 Å². The average Bonchev–Trinajstić information content (AvgIpc) is 2.79. The molecule has 1 fully saturated rings. The third-order valence-electron chi connectivity index (χ3n) is 3.79. The van der Waals surface area contributed by atoms with E-state index in [4.69, 9.17) is 0 Å². The highest BCUT2D eigenvalue weighted by molar-refractivity contribution is 5.57. The van der Waals surface area contributed by atoms with Crippen LogP contribution >= 0.6 is 0 Å². The van der Waals surface area contributed by atoms with E-state index in [0.717, 1.165) is 19.3 Å². The number of hydrogen-bond donors (Lipinski definition) is 1. The summed E-state index contributed by atoms with van der Waals surface area (Å²) in [5, 5.41) is 13.9. The second-order valence-corrected chi connectivity index (χ2v) is 4.97. The number of pyridine rings is 1. The molecule has 1 aliphatic heterocycles. The first kappa shape index (κ1) is 13.6. The molecular weight excluding hydrogens is 244 g/mol. The van der Waals surface area contributed by atoms with Crippen molar-refractivity contribution in [2.24, 2.45) is 0 Å². The lowest BCUT2D eigenvalue weighted by Gasteiger charge is -2.29. The van der Waals surface area contributed by atoms with Gasteiger partial charge in [-0.15, -0.1) is 0 Å². The van der Waals surface area contributed by atoms with Crippen molar-refractivity contribution in [3.05, 3.63) is 22.2 Å². The zero-order valence-electron chi connectivity index (χ0n) is 11.6. The Kier molecular flexibility index (Phi) is 3.87. The van der Waals surface area contributed by atoms with Crippen molar-refractivity contribution in [1.82, 2.24) is 4.98 Å².